The molecular weight excluding hydrogens is 728 g/mol. The lowest BCUT2D eigenvalue weighted by Crippen LogP contribution is -2.70. The SMILES string of the molecule is C=CCCOC(=O)N(Cc1ccc(F)cc1)[C@H]1CC(=NOCc2ccccc2)C2=C[C@H](CCCCO)[C@@H](CCCCO)[C@@H]3c4cc(O)ccc4O[C@@]1(OCC=C)[C@H]23. The van der Waals surface area contributed by atoms with Crippen molar-refractivity contribution in [2.75, 3.05) is 26.4 Å². The van der Waals surface area contributed by atoms with Gasteiger partial charge in [-0.1, -0.05) is 78.7 Å². The van der Waals surface area contributed by atoms with Crippen molar-refractivity contribution in [3.8, 4) is 11.5 Å². The molecule has 6 rings (SSSR count). The van der Waals surface area contributed by atoms with Crippen molar-refractivity contribution in [3.63, 3.8) is 0 Å². The summed E-state index contributed by atoms with van der Waals surface area (Å²) < 4.78 is 34.2. The molecule has 10 nitrogen and oxygen atoms in total. The van der Waals surface area contributed by atoms with Crippen molar-refractivity contribution in [1.82, 2.24) is 4.90 Å². The average molecular weight is 783 g/mol. The molecule has 0 unspecified atom stereocenters. The molecule has 11 heteroatoms. The van der Waals surface area contributed by atoms with Gasteiger partial charge in [0.25, 0.3) is 0 Å². The van der Waals surface area contributed by atoms with Crippen LogP contribution in [0.5, 0.6) is 11.5 Å². The van der Waals surface area contributed by atoms with Crippen LogP contribution in [0.15, 0.2) is 115 Å². The van der Waals surface area contributed by atoms with E-state index in [2.05, 4.69) is 19.2 Å². The molecule has 1 heterocycles. The minimum Gasteiger partial charge on any atom is -0.508 e. The molecule has 0 saturated heterocycles. The van der Waals surface area contributed by atoms with Crippen LogP contribution in [0.1, 0.15) is 74.0 Å². The van der Waals surface area contributed by atoms with Gasteiger partial charge in [-0.2, -0.15) is 0 Å². The van der Waals surface area contributed by atoms with E-state index in [9.17, 15) is 24.5 Å². The highest BCUT2D eigenvalue weighted by atomic mass is 19.1. The molecule has 6 atom stereocenters. The van der Waals surface area contributed by atoms with Gasteiger partial charge in [0.2, 0.25) is 5.79 Å². The molecular formula is C46H55FN2O8. The molecule has 0 radical (unpaired) electrons. The zero-order valence-electron chi connectivity index (χ0n) is 32.5. The van der Waals surface area contributed by atoms with Crippen LogP contribution in [0.2, 0.25) is 0 Å². The zero-order valence-corrected chi connectivity index (χ0v) is 32.5. The van der Waals surface area contributed by atoms with Crippen LogP contribution >= 0.6 is 0 Å². The molecule has 2 aliphatic carbocycles. The third-order valence-corrected chi connectivity index (χ3v) is 11.3. The summed E-state index contributed by atoms with van der Waals surface area (Å²) in [6.45, 7) is 8.35. The van der Waals surface area contributed by atoms with Crippen LogP contribution < -0.4 is 4.74 Å². The quantitative estimate of drug-likeness (QED) is 0.0591. The lowest BCUT2D eigenvalue weighted by atomic mass is 9.55. The average Bonchev–Trinajstić information content (AvgIpc) is 3.22. The van der Waals surface area contributed by atoms with Gasteiger partial charge in [-0.3, -0.25) is 4.90 Å². The number of phenols is 1. The van der Waals surface area contributed by atoms with E-state index < -0.39 is 29.7 Å². The van der Waals surface area contributed by atoms with E-state index in [0.717, 1.165) is 42.4 Å². The molecule has 1 fully saturated rings. The Hall–Kier alpha value is -4.97. The number of carbonyl (C=O) groups is 1. The summed E-state index contributed by atoms with van der Waals surface area (Å²) >= 11 is 0. The fourth-order valence-electron chi connectivity index (χ4n) is 8.82. The predicted octanol–water partition coefficient (Wildman–Crippen LogP) is 8.58. The minimum atomic E-state index is -1.52. The number of hydrogen-bond donors (Lipinski definition) is 3. The number of carbonyl (C=O) groups excluding carboxylic acids is 1. The fourth-order valence-corrected chi connectivity index (χ4v) is 8.82. The molecule has 0 bridgehead atoms. The number of aliphatic hydroxyl groups excluding tert-OH is 2. The number of ether oxygens (including phenoxy) is 3. The molecule has 1 amide bonds. The summed E-state index contributed by atoms with van der Waals surface area (Å²) in [6, 6.07) is 20.0. The number of nitrogens with zero attached hydrogens (tertiary/aromatic N) is 2. The van der Waals surface area contributed by atoms with Crippen LogP contribution in [0.3, 0.4) is 0 Å². The van der Waals surface area contributed by atoms with E-state index in [0.29, 0.717) is 36.3 Å². The second kappa shape index (κ2) is 19.9. The summed E-state index contributed by atoms with van der Waals surface area (Å²) in [4.78, 5) is 22.2. The Morgan fingerprint density at radius 2 is 1.72 bits per heavy atom. The molecule has 57 heavy (non-hydrogen) atoms. The molecule has 3 aromatic carbocycles. The third-order valence-electron chi connectivity index (χ3n) is 11.3. The van der Waals surface area contributed by atoms with Gasteiger partial charge in [0.15, 0.2) is 0 Å². The van der Waals surface area contributed by atoms with E-state index >= 15 is 0 Å². The highest BCUT2D eigenvalue weighted by Gasteiger charge is 2.65. The summed E-state index contributed by atoms with van der Waals surface area (Å²) in [5.74, 6) is -2.13. The molecule has 3 N–H and O–H groups in total. The number of rotatable bonds is 20. The van der Waals surface area contributed by atoms with Crippen molar-refractivity contribution in [3.05, 3.63) is 132 Å². The van der Waals surface area contributed by atoms with Crippen LogP contribution in [0.25, 0.3) is 0 Å². The number of amides is 1. The normalized spacial score (nSPS) is 24.0. The lowest BCUT2D eigenvalue weighted by molar-refractivity contribution is -0.256. The first-order valence-corrected chi connectivity index (χ1v) is 20.1. The van der Waals surface area contributed by atoms with Crippen molar-refractivity contribution < 1.29 is 43.6 Å². The fraction of sp³-hybridized carbons (Fsp3) is 0.435. The number of fused-ring (bicyclic) bond motifs is 2. The maximum Gasteiger partial charge on any atom is 0.410 e. The summed E-state index contributed by atoms with van der Waals surface area (Å²) in [5.41, 5.74) is 3.92. The van der Waals surface area contributed by atoms with Crippen molar-refractivity contribution in [2.24, 2.45) is 22.9 Å². The Morgan fingerprint density at radius 1 is 0.965 bits per heavy atom. The van der Waals surface area contributed by atoms with Gasteiger partial charge >= 0.3 is 6.09 Å². The first-order valence-electron chi connectivity index (χ1n) is 20.1. The smallest absolute Gasteiger partial charge is 0.410 e. The van der Waals surface area contributed by atoms with Crippen molar-refractivity contribution in [2.45, 2.75) is 82.3 Å². The van der Waals surface area contributed by atoms with E-state index in [4.69, 9.17) is 24.2 Å². The molecule has 1 saturated carbocycles. The number of allylic oxidation sites excluding steroid dienone is 1. The van der Waals surface area contributed by atoms with Gasteiger partial charge in [0, 0.05) is 37.7 Å². The number of aliphatic hydroxyl groups is 2. The standard InChI is InChI=1S/C46H55FN2O8/c1-3-5-26-54-45(53)49(30-32-17-19-35(47)20-18-32)42-29-40(48-56-31-33-13-7-6-8-14-33)38-27-34(15-9-11-23-50)37(16-10-12-24-51)43-39-28-36(52)21-22-41(39)57-46(42,44(38)43)55-25-4-2/h3-4,6-8,13-14,17-22,27-28,34,37,42-44,50-52H,1-2,5,9-12,15-16,23-26,29-31H2/t34-,37+,42-,43+,44+,46+/m0/s1. The molecule has 3 aliphatic rings. The molecule has 304 valence electrons. The van der Waals surface area contributed by atoms with Crippen LogP contribution in [0.4, 0.5) is 9.18 Å². The number of unbranched alkanes of at least 4 members (excludes halogenated alkanes) is 2. The molecule has 0 spiro atoms. The number of halogens is 1. The summed E-state index contributed by atoms with van der Waals surface area (Å²) in [7, 11) is 0. The van der Waals surface area contributed by atoms with E-state index in [1.54, 1.807) is 47.4 Å². The Balaban J connectivity index is 1.58. The second-order valence-corrected chi connectivity index (χ2v) is 15.0. The van der Waals surface area contributed by atoms with Crippen LogP contribution in [-0.2, 0) is 27.5 Å². The topological polar surface area (TPSA) is 130 Å². The van der Waals surface area contributed by atoms with E-state index in [-0.39, 0.29) is 69.5 Å². The highest BCUT2D eigenvalue weighted by Crippen LogP contribution is 2.62. The van der Waals surface area contributed by atoms with Crippen LogP contribution in [-0.4, -0.2) is 70.3 Å². The molecule has 0 aromatic heterocycles. The lowest BCUT2D eigenvalue weighted by Gasteiger charge is -2.59. The van der Waals surface area contributed by atoms with Crippen molar-refractivity contribution >= 4 is 11.8 Å². The molecule has 1 aliphatic heterocycles. The van der Waals surface area contributed by atoms with Gasteiger partial charge in [0.05, 0.1) is 24.8 Å². The first-order chi connectivity index (χ1) is 27.8. The van der Waals surface area contributed by atoms with E-state index in [1.807, 2.05) is 30.3 Å². The maximum absolute atomic E-state index is 14.5. The van der Waals surface area contributed by atoms with Crippen molar-refractivity contribution in [1.29, 1.82) is 0 Å². The first kappa shape index (κ1) is 41.7. The van der Waals surface area contributed by atoms with Gasteiger partial charge in [0.1, 0.15) is 30.0 Å². The van der Waals surface area contributed by atoms with Crippen LogP contribution in [0, 0.1) is 23.6 Å². The largest absolute Gasteiger partial charge is 0.508 e. The Bertz CT molecular complexity index is 1870. The van der Waals surface area contributed by atoms with Gasteiger partial charge in [-0.15, -0.1) is 13.2 Å². The van der Waals surface area contributed by atoms with E-state index in [1.165, 1.54) is 12.1 Å². The highest BCUT2D eigenvalue weighted by molar-refractivity contribution is 6.03. The number of oxime groups is 1. The number of phenolic OH excluding ortho intramolecular Hbond substituents is 1. The Kier molecular flexibility index (Phi) is 14.6. The second-order valence-electron chi connectivity index (χ2n) is 15.0. The van der Waals surface area contributed by atoms with Gasteiger partial charge in [-0.25, -0.2) is 9.18 Å². The number of benzene rings is 3. The number of aromatic hydroxyl groups is 1. The summed E-state index contributed by atoms with van der Waals surface area (Å²) in [5, 5.41) is 35.5. The summed E-state index contributed by atoms with van der Waals surface area (Å²) in [6.07, 6.45) is 9.96. The number of hydrogen-bond acceptors (Lipinski definition) is 9. The minimum absolute atomic E-state index is 0.00419. The third kappa shape index (κ3) is 9.60. The van der Waals surface area contributed by atoms with Gasteiger partial charge < -0.3 is 34.4 Å². The predicted molar refractivity (Wildman–Crippen MR) is 216 cm³/mol. The molecule has 3 aromatic rings. The Labute approximate surface area is 334 Å². The Morgan fingerprint density at radius 3 is 2.44 bits per heavy atom. The monoisotopic (exact) mass is 782 g/mol. The maximum atomic E-state index is 14.5. The zero-order chi connectivity index (χ0) is 40.2. The van der Waals surface area contributed by atoms with Gasteiger partial charge in [-0.05, 0) is 91.0 Å².